The fourth-order valence-electron chi connectivity index (χ4n) is 4.05. The second-order valence-corrected chi connectivity index (χ2v) is 8.78. The number of rotatable bonds is 7. The third-order valence-electron chi connectivity index (χ3n) is 5.79. The van der Waals surface area contributed by atoms with E-state index in [0.29, 0.717) is 11.3 Å². The predicted octanol–water partition coefficient (Wildman–Crippen LogP) is 5.03. The van der Waals surface area contributed by atoms with Gasteiger partial charge in [0.2, 0.25) is 5.95 Å². The molecule has 0 bridgehead atoms. The zero-order valence-electron chi connectivity index (χ0n) is 20.7. The molecule has 196 valence electrons. The van der Waals surface area contributed by atoms with Gasteiger partial charge in [-0.1, -0.05) is 17.7 Å². The number of hydroxylamine groups is 1. The Kier molecular flexibility index (Phi) is 7.67. The van der Waals surface area contributed by atoms with Crippen molar-refractivity contribution in [3.8, 4) is 11.3 Å². The van der Waals surface area contributed by atoms with Gasteiger partial charge in [-0.15, -0.1) is 0 Å². The quantitative estimate of drug-likeness (QED) is 0.110. The van der Waals surface area contributed by atoms with Crippen molar-refractivity contribution >= 4 is 40.6 Å². The standard InChI is InChI=1S/C26H22ClF2N5O4/c1-12-7-16(14(3)32-19-5-6-20(27)33-21(19)26(30-4)34-37-11-35)24-17(8-12)22(36)13(2)23(38-24)18-9-15(28)10-31-25(18)29/h5-11,14,32H,1-4H3,(H,30,34). The number of anilines is 1. The predicted molar refractivity (Wildman–Crippen MR) is 139 cm³/mol. The number of aryl methyl sites for hydroxylation is 1. The monoisotopic (exact) mass is 541 g/mol. The Hall–Kier alpha value is -4.38. The molecule has 1 unspecified atom stereocenters. The number of hydrogen-bond donors (Lipinski definition) is 2. The molecule has 0 aliphatic rings. The average Bonchev–Trinajstić information content (AvgIpc) is 2.89. The first kappa shape index (κ1) is 26.7. The molecule has 3 aromatic heterocycles. The van der Waals surface area contributed by atoms with Gasteiger partial charge in [-0.2, -0.15) is 9.87 Å². The molecule has 2 N–H and O–H groups in total. The molecule has 4 aromatic rings. The third kappa shape index (κ3) is 5.18. The van der Waals surface area contributed by atoms with Crippen molar-refractivity contribution in [1.29, 1.82) is 0 Å². The average molecular weight is 542 g/mol. The van der Waals surface area contributed by atoms with Crippen LogP contribution >= 0.6 is 11.6 Å². The van der Waals surface area contributed by atoms with E-state index in [2.05, 4.69) is 30.6 Å². The lowest BCUT2D eigenvalue weighted by Crippen LogP contribution is -2.27. The van der Waals surface area contributed by atoms with Crippen LogP contribution in [0.25, 0.3) is 22.3 Å². The second-order valence-electron chi connectivity index (χ2n) is 8.39. The molecule has 38 heavy (non-hydrogen) atoms. The summed E-state index contributed by atoms with van der Waals surface area (Å²) in [5.41, 5.74) is 4.14. The van der Waals surface area contributed by atoms with Gasteiger partial charge in [-0.25, -0.2) is 14.4 Å². The summed E-state index contributed by atoms with van der Waals surface area (Å²) in [6.07, 6.45) is 0.745. The van der Waals surface area contributed by atoms with E-state index >= 15 is 0 Å². The molecule has 4 rings (SSSR count). The molecule has 9 nitrogen and oxygen atoms in total. The molecule has 0 radical (unpaired) electrons. The molecule has 3 heterocycles. The van der Waals surface area contributed by atoms with E-state index in [4.69, 9.17) is 16.0 Å². The number of carbonyl (C=O) groups is 1. The molecule has 0 aliphatic carbocycles. The Morgan fingerprint density at radius 3 is 2.71 bits per heavy atom. The lowest BCUT2D eigenvalue weighted by Gasteiger charge is -2.20. The minimum Gasteiger partial charge on any atom is -0.455 e. The van der Waals surface area contributed by atoms with Crippen LogP contribution < -0.4 is 16.2 Å². The summed E-state index contributed by atoms with van der Waals surface area (Å²) in [6.45, 7) is 5.32. The lowest BCUT2D eigenvalue weighted by atomic mass is 9.99. The number of aliphatic imine (C=N–C) groups is 1. The minimum absolute atomic E-state index is 0.117. The first-order valence-corrected chi connectivity index (χ1v) is 11.7. The maximum absolute atomic E-state index is 14.5. The van der Waals surface area contributed by atoms with Gasteiger partial charge < -0.3 is 14.6 Å². The number of amidine groups is 1. The fourth-order valence-corrected chi connectivity index (χ4v) is 4.20. The number of nitrogens with one attached hydrogen (secondary N) is 2. The van der Waals surface area contributed by atoms with Gasteiger partial charge in [0.25, 0.3) is 0 Å². The van der Waals surface area contributed by atoms with Gasteiger partial charge in [0.05, 0.1) is 28.9 Å². The number of benzene rings is 1. The van der Waals surface area contributed by atoms with Crippen molar-refractivity contribution in [2.24, 2.45) is 4.99 Å². The van der Waals surface area contributed by atoms with Crippen LogP contribution in [0.5, 0.6) is 0 Å². The largest absolute Gasteiger partial charge is 0.455 e. The number of carbonyl (C=O) groups excluding carboxylic acids is 1. The molecule has 0 aliphatic heterocycles. The van der Waals surface area contributed by atoms with Crippen LogP contribution in [0.2, 0.25) is 5.15 Å². The van der Waals surface area contributed by atoms with E-state index < -0.39 is 17.8 Å². The van der Waals surface area contributed by atoms with Crippen molar-refractivity contribution in [3.05, 3.63) is 86.1 Å². The zero-order valence-corrected chi connectivity index (χ0v) is 21.5. The van der Waals surface area contributed by atoms with Crippen LogP contribution in [0.4, 0.5) is 14.5 Å². The van der Waals surface area contributed by atoms with Crippen molar-refractivity contribution in [2.75, 3.05) is 12.4 Å². The van der Waals surface area contributed by atoms with Gasteiger partial charge in [-0.05, 0) is 50.6 Å². The Labute approximate surface area is 220 Å². The van der Waals surface area contributed by atoms with E-state index in [1.54, 1.807) is 18.2 Å². The molecule has 1 atom stereocenters. The van der Waals surface area contributed by atoms with Crippen LogP contribution in [0.1, 0.15) is 35.3 Å². The van der Waals surface area contributed by atoms with Gasteiger partial charge in [0, 0.05) is 18.2 Å². The van der Waals surface area contributed by atoms with Gasteiger partial charge in [-0.3, -0.25) is 14.6 Å². The summed E-state index contributed by atoms with van der Waals surface area (Å²) in [5, 5.41) is 3.74. The van der Waals surface area contributed by atoms with Crippen LogP contribution in [0.15, 0.2) is 50.7 Å². The topological polar surface area (TPSA) is 119 Å². The Balaban J connectivity index is 1.87. The van der Waals surface area contributed by atoms with Crippen molar-refractivity contribution in [3.63, 3.8) is 0 Å². The minimum atomic E-state index is -0.967. The third-order valence-corrected chi connectivity index (χ3v) is 6.00. The van der Waals surface area contributed by atoms with Crippen LogP contribution in [-0.2, 0) is 9.63 Å². The van der Waals surface area contributed by atoms with Gasteiger partial charge in [0.1, 0.15) is 28.0 Å². The van der Waals surface area contributed by atoms with Gasteiger partial charge >= 0.3 is 6.47 Å². The Morgan fingerprint density at radius 2 is 2.00 bits per heavy atom. The number of nitrogens with zero attached hydrogens (tertiary/aromatic N) is 3. The number of hydrogen-bond acceptors (Lipinski definition) is 8. The molecule has 0 spiro atoms. The molecule has 0 saturated heterocycles. The fraction of sp³-hybridized carbons (Fsp3) is 0.192. The number of aromatic nitrogens is 2. The smallest absolute Gasteiger partial charge is 0.320 e. The summed E-state index contributed by atoms with van der Waals surface area (Å²) in [4.78, 5) is 40.3. The summed E-state index contributed by atoms with van der Waals surface area (Å²) in [7, 11) is 1.47. The summed E-state index contributed by atoms with van der Waals surface area (Å²) < 4.78 is 34.5. The van der Waals surface area contributed by atoms with E-state index in [1.807, 2.05) is 19.9 Å². The highest BCUT2D eigenvalue weighted by molar-refractivity contribution is 6.29. The highest BCUT2D eigenvalue weighted by Crippen LogP contribution is 2.33. The lowest BCUT2D eigenvalue weighted by molar-refractivity contribution is -0.132. The zero-order chi connectivity index (χ0) is 27.6. The molecule has 0 saturated carbocycles. The normalized spacial score (nSPS) is 12.3. The Morgan fingerprint density at radius 1 is 1.24 bits per heavy atom. The van der Waals surface area contributed by atoms with E-state index in [0.717, 1.165) is 17.8 Å². The number of fused-ring (bicyclic) bond motifs is 1. The maximum Gasteiger partial charge on any atom is 0.320 e. The highest BCUT2D eigenvalue weighted by atomic mass is 35.5. The van der Waals surface area contributed by atoms with Crippen LogP contribution in [0, 0.1) is 25.6 Å². The van der Waals surface area contributed by atoms with E-state index in [9.17, 15) is 18.4 Å². The first-order valence-electron chi connectivity index (χ1n) is 11.3. The van der Waals surface area contributed by atoms with E-state index in [-0.39, 0.29) is 56.4 Å². The Bertz CT molecular complexity index is 1640. The van der Waals surface area contributed by atoms with Crippen LogP contribution in [-0.4, -0.2) is 29.3 Å². The molecular formula is C26H22ClF2N5O4. The number of pyridine rings is 2. The summed E-state index contributed by atoms with van der Waals surface area (Å²) in [6, 6.07) is 7.13. The second kappa shape index (κ2) is 10.9. The number of halogens is 3. The maximum atomic E-state index is 14.5. The van der Waals surface area contributed by atoms with Crippen molar-refractivity contribution in [1.82, 2.24) is 15.4 Å². The summed E-state index contributed by atoms with van der Waals surface area (Å²) in [5.74, 6) is -1.73. The molecule has 0 amide bonds. The first-order chi connectivity index (χ1) is 18.1. The SMILES string of the molecule is CN=C(NOC=O)c1nc(Cl)ccc1NC(C)c1cc(C)cc2c(=O)c(C)c(-c3cc(F)cnc3F)oc12. The molecule has 0 fully saturated rings. The molecular weight excluding hydrogens is 520 g/mol. The van der Waals surface area contributed by atoms with Crippen molar-refractivity contribution < 1.29 is 22.8 Å². The van der Waals surface area contributed by atoms with Crippen LogP contribution in [0.3, 0.4) is 0 Å². The molecule has 1 aromatic carbocycles. The van der Waals surface area contributed by atoms with Crippen molar-refractivity contribution in [2.45, 2.75) is 26.8 Å². The summed E-state index contributed by atoms with van der Waals surface area (Å²) >= 11 is 6.09. The highest BCUT2D eigenvalue weighted by Gasteiger charge is 2.22. The van der Waals surface area contributed by atoms with Gasteiger partial charge in [0.15, 0.2) is 11.3 Å². The molecule has 12 heteroatoms. The van der Waals surface area contributed by atoms with E-state index in [1.165, 1.54) is 14.0 Å².